The summed E-state index contributed by atoms with van der Waals surface area (Å²) in [5.74, 6) is 0.816. The van der Waals surface area contributed by atoms with Gasteiger partial charge in [-0.3, -0.25) is 0 Å². The molecule has 1 heterocycles. The van der Waals surface area contributed by atoms with Crippen molar-refractivity contribution in [3.63, 3.8) is 0 Å². The molecule has 3 nitrogen and oxygen atoms in total. The van der Waals surface area contributed by atoms with E-state index < -0.39 is 12.2 Å². The van der Waals surface area contributed by atoms with Crippen LogP contribution in [0.3, 0.4) is 0 Å². The van der Waals surface area contributed by atoms with Gasteiger partial charge in [0.25, 0.3) is 0 Å². The summed E-state index contributed by atoms with van der Waals surface area (Å²) < 4.78 is 7.32. The number of aliphatic hydroxyl groups excluding tert-OH is 1. The summed E-state index contributed by atoms with van der Waals surface area (Å²) in [5.41, 5.74) is 0.971. The SMILES string of the molecule is CNCC(O)[C@H](Oc1cccc2ccsc12)c1ccccc1. The molecular formula is C18H19NO2S. The van der Waals surface area contributed by atoms with Gasteiger partial charge in [0.15, 0.2) is 6.10 Å². The lowest BCUT2D eigenvalue weighted by molar-refractivity contribution is 0.0380. The van der Waals surface area contributed by atoms with E-state index in [1.54, 1.807) is 11.3 Å². The van der Waals surface area contributed by atoms with Gasteiger partial charge < -0.3 is 15.2 Å². The van der Waals surface area contributed by atoms with Gasteiger partial charge in [0.2, 0.25) is 0 Å². The van der Waals surface area contributed by atoms with Crippen molar-refractivity contribution in [3.05, 3.63) is 65.5 Å². The second kappa shape index (κ2) is 6.92. The summed E-state index contributed by atoms with van der Waals surface area (Å²) in [5, 5.41) is 16.7. The van der Waals surface area contributed by atoms with Gasteiger partial charge in [-0.15, -0.1) is 11.3 Å². The number of likely N-dealkylation sites (N-methyl/N-ethyl adjacent to an activating group) is 1. The van der Waals surface area contributed by atoms with Crippen LogP contribution in [0.15, 0.2) is 60.0 Å². The van der Waals surface area contributed by atoms with E-state index in [9.17, 15) is 5.11 Å². The largest absolute Gasteiger partial charge is 0.481 e. The van der Waals surface area contributed by atoms with Crippen LogP contribution in [0.4, 0.5) is 0 Å². The van der Waals surface area contributed by atoms with Crippen molar-refractivity contribution in [2.75, 3.05) is 13.6 Å². The van der Waals surface area contributed by atoms with Crippen molar-refractivity contribution >= 4 is 21.4 Å². The van der Waals surface area contributed by atoms with Crippen molar-refractivity contribution in [2.24, 2.45) is 0 Å². The number of fused-ring (bicyclic) bond motifs is 1. The Labute approximate surface area is 134 Å². The zero-order chi connectivity index (χ0) is 15.4. The van der Waals surface area contributed by atoms with E-state index in [1.807, 2.05) is 49.5 Å². The van der Waals surface area contributed by atoms with E-state index in [0.29, 0.717) is 6.54 Å². The van der Waals surface area contributed by atoms with Crippen molar-refractivity contribution in [2.45, 2.75) is 12.2 Å². The molecule has 22 heavy (non-hydrogen) atoms. The first-order valence-corrected chi connectivity index (χ1v) is 8.18. The molecule has 3 rings (SSSR count). The predicted octanol–water partition coefficient (Wildman–Crippen LogP) is 3.60. The number of thiophene rings is 1. The molecule has 0 aliphatic heterocycles. The van der Waals surface area contributed by atoms with E-state index in [-0.39, 0.29) is 0 Å². The lowest BCUT2D eigenvalue weighted by Gasteiger charge is -2.25. The molecule has 2 aromatic carbocycles. The van der Waals surface area contributed by atoms with Gasteiger partial charge in [-0.2, -0.15) is 0 Å². The first-order valence-electron chi connectivity index (χ1n) is 7.30. The molecule has 0 radical (unpaired) electrons. The minimum absolute atomic E-state index is 0.402. The average molecular weight is 313 g/mol. The Morgan fingerprint density at radius 1 is 1.09 bits per heavy atom. The molecular weight excluding hydrogens is 294 g/mol. The van der Waals surface area contributed by atoms with Crippen LogP contribution in [0.2, 0.25) is 0 Å². The van der Waals surface area contributed by atoms with E-state index in [0.717, 1.165) is 21.4 Å². The van der Waals surface area contributed by atoms with Crippen LogP contribution in [0.1, 0.15) is 11.7 Å². The first kappa shape index (κ1) is 15.0. The maximum absolute atomic E-state index is 10.5. The third-order valence-corrected chi connectivity index (χ3v) is 4.53. The molecule has 0 saturated carbocycles. The number of hydrogen-bond donors (Lipinski definition) is 2. The molecule has 4 heteroatoms. The van der Waals surface area contributed by atoms with Crippen LogP contribution in [0.5, 0.6) is 5.75 Å². The second-order valence-corrected chi connectivity index (χ2v) is 6.09. The summed E-state index contributed by atoms with van der Waals surface area (Å²) in [6.07, 6.45) is -1.02. The van der Waals surface area contributed by atoms with Crippen LogP contribution in [0, 0.1) is 0 Å². The van der Waals surface area contributed by atoms with Gasteiger partial charge in [-0.25, -0.2) is 0 Å². The van der Waals surface area contributed by atoms with Gasteiger partial charge in [-0.1, -0.05) is 42.5 Å². The Kier molecular flexibility index (Phi) is 4.73. The smallest absolute Gasteiger partial charge is 0.151 e. The lowest BCUT2D eigenvalue weighted by Crippen LogP contribution is -2.32. The molecule has 2 N–H and O–H groups in total. The van der Waals surface area contributed by atoms with Crippen molar-refractivity contribution < 1.29 is 9.84 Å². The van der Waals surface area contributed by atoms with Crippen LogP contribution < -0.4 is 10.1 Å². The molecule has 0 spiro atoms. The van der Waals surface area contributed by atoms with Crippen LogP contribution in [0.25, 0.3) is 10.1 Å². The van der Waals surface area contributed by atoms with Gasteiger partial charge in [0.05, 0.1) is 4.70 Å². The topological polar surface area (TPSA) is 41.5 Å². The highest BCUT2D eigenvalue weighted by molar-refractivity contribution is 7.17. The molecule has 0 saturated heterocycles. The highest BCUT2D eigenvalue weighted by Crippen LogP contribution is 2.34. The van der Waals surface area contributed by atoms with Gasteiger partial charge in [-0.05, 0) is 35.5 Å². The predicted molar refractivity (Wildman–Crippen MR) is 91.6 cm³/mol. The van der Waals surface area contributed by atoms with Crippen molar-refractivity contribution in [1.82, 2.24) is 5.32 Å². The van der Waals surface area contributed by atoms with E-state index in [2.05, 4.69) is 22.8 Å². The number of ether oxygens (including phenoxy) is 1. The fourth-order valence-electron chi connectivity index (χ4n) is 2.52. The minimum atomic E-state index is -0.623. The highest BCUT2D eigenvalue weighted by Gasteiger charge is 2.23. The van der Waals surface area contributed by atoms with E-state index in [4.69, 9.17) is 4.74 Å². The quantitative estimate of drug-likeness (QED) is 0.730. The maximum atomic E-state index is 10.5. The minimum Gasteiger partial charge on any atom is -0.481 e. The summed E-state index contributed by atoms with van der Waals surface area (Å²) in [6.45, 7) is 0.472. The number of aliphatic hydroxyl groups is 1. The van der Waals surface area contributed by atoms with Crippen molar-refractivity contribution in [3.8, 4) is 5.75 Å². The van der Waals surface area contributed by atoms with Crippen LogP contribution in [-0.2, 0) is 0 Å². The summed E-state index contributed by atoms with van der Waals surface area (Å²) in [4.78, 5) is 0. The first-order chi connectivity index (χ1) is 10.8. The molecule has 3 aromatic rings. The Morgan fingerprint density at radius 2 is 1.91 bits per heavy atom. The molecule has 0 amide bonds. The monoisotopic (exact) mass is 313 g/mol. The van der Waals surface area contributed by atoms with Gasteiger partial charge in [0, 0.05) is 6.54 Å². The summed E-state index contributed by atoms with van der Waals surface area (Å²) >= 11 is 1.65. The van der Waals surface area contributed by atoms with E-state index >= 15 is 0 Å². The molecule has 2 atom stereocenters. The third kappa shape index (κ3) is 3.14. The van der Waals surface area contributed by atoms with Crippen molar-refractivity contribution in [1.29, 1.82) is 0 Å². The van der Waals surface area contributed by atoms with E-state index in [1.165, 1.54) is 0 Å². The zero-order valence-electron chi connectivity index (χ0n) is 12.4. The number of rotatable bonds is 6. The molecule has 114 valence electrons. The highest BCUT2D eigenvalue weighted by atomic mass is 32.1. The molecule has 0 bridgehead atoms. The van der Waals surface area contributed by atoms with Crippen LogP contribution in [-0.4, -0.2) is 24.8 Å². The zero-order valence-corrected chi connectivity index (χ0v) is 13.2. The standard InChI is InChI=1S/C18H19NO2S/c1-19-12-15(20)17(13-6-3-2-4-7-13)21-16-9-5-8-14-10-11-22-18(14)16/h2-11,15,17,19-20H,12H2,1H3/t15?,17-/m1/s1. The molecule has 0 aliphatic carbocycles. The third-order valence-electron chi connectivity index (χ3n) is 3.59. The number of nitrogens with one attached hydrogen (secondary N) is 1. The van der Waals surface area contributed by atoms with Gasteiger partial charge >= 0.3 is 0 Å². The lowest BCUT2D eigenvalue weighted by atomic mass is 10.0. The Hall–Kier alpha value is -1.88. The molecule has 1 aromatic heterocycles. The fourth-order valence-corrected chi connectivity index (χ4v) is 3.38. The normalized spacial score (nSPS) is 13.9. The number of benzene rings is 2. The number of hydrogen-bond acceptors (Lipinski definition) is 4. The molecule has 0 aliphatic rings. The summed E-state index contributed by atoms with van der Waals surface area (Å²) in [7, 11) is 1.82. The molecule has 0 fully saturated rings. The summed E-state index contributed by atoms with van der Waals surface area (Å²) in [6, 6.07) is 17.9. The maximum Gasteiger partial charge on any atom is 0.151 e. The Balaban J connectivity index is 1.94. The molecule has 1 unspecified atom stereocenters. The Bertz CT molecular complexity index is 726. The average Bonchev–Trinajstić information content (AvgIpc) is 3.03. The fraction of sp³-hybridized carbons (Fsp3) is 0.222. The van der Waals surface area contributed by atoms with Gasteiger partial charge in [0.1, 0.15) is 11.9 Å². The van der Waals surface area contributed by atoms with Crippen LogP contribution >= 0.6 is 11.3 Å². The Morgan fingerprint density at radius 3 is 2.68 bits per heavy atom. The second-order valence-electron chi connectivity index (χ2n) is 5.17.